The van der Waals surface area contributed by atoms with Gasteiger partial charge < -0.3 is 10.4 Å². The van der Waals surface area contributed by atoms with Crippen LogP contribution >= 0.6 is 11.3 Å². The third-order valence-corrected chi connectivity index (χ3v) is 9.53. The van der Waals surface area contributed by atoms with Gasteiger partial charge in [0.15, 0.2) is 5.13 Å². The number of carbonyl (C=O) groups excluding carboxylic acids is 1. The molecule has 1 aromatic heterocycles. The van der Waals surface area contributed by atoms with Gasteiger partial charge in [0, 0.05) is 12.5 Å². The van der Waals surface area contributed by atoms with Gasteiger partial charge in [-0.15, -0.1) is 0 Å². The summed E-state index contributed by atoms with van der Waals surface area (Å²) in [7, 11) is -3.69. The molecule has 33 heavy (non-hydrogen) atoms. The van der Waals surface area contributed by atoms with Crippen molar-refractivity contribution in [2.24, 2.45) is 5.92 Å². The van der Waals surface area contributed by atoms with Gasteiger partial charge in [-0.05, 0) is 75.5 Å². The number of rotatable bonds is 7. The molecule has 1 heterocycles. The number of nitrogens with one attached hydrogen (secondary N) is 2. The molecule has 0 bridgehead atoms. The molecule has 0 atom stereocenters. The second-order valence-corrected chi connectivity index (χ2v) is 12.1. The highest BCUT2D eigenvalue weighted by Gasteiger charge is 2.26. The number of thiazole rings is 1. The van der Waals surface area contributed by atoms with Crippen molar-refractivity contribution >= 4 is 32.4 Å². The highest BCUT2D eigenvalue weighted by atomic mass is 32.2. The van der Waals surface area contributed by atoms with Crippen LogP contribution in [-0.4, -0.2) is 36.6 Å². The van der Waals surface area contributed by atoms with E-state index in [2.05, 4.69) is 15.0 Å². The van der Waals surface area contributed by atoms with Gasteiger partial charge in [0.25, 0.3) is 0 Å². The Kier molecular flexibility index (Phi) is 7.53. The molecule has 1 amide bonds. The Morgan fingerprint density at radius 2 is 1.82 bits per heavy atom. The Bertz CT molecular complexity index is 1100. The minimum atomic E-state index is -3.69. The van der Waals surface area contributed by atoms with Crippen LogP contribution in [0.5, 0.6) is 0 Å². The Labute approximate surface area is 200 Å². The largest absolute Gasteiger partial charge is 0.393 e. The van der Waals surface area contributed by atoms with Crippen LogP contribution in [0.1, 0.15) is 69.0 Å². The Morgan fingerprint density at radius 1 is 1.12 bits per heavy atom. The van der Waals surface area contributed by atoms with E-state index < -0.39 is 10.0 Å². The molecule has 0 unspecified atom stereocenters. The molecule has 0 aliphatic heterocycles. The molecule has 0 saturated heterocycles. The predicted molar refractivity (Wildman–Crippen MR) is 131 cm³/mol. The number of aryl methyl sites for hydroxylation is 2. The number of aromatic nitrogens is 1. The summed E-state index contributed by atoms with van der Waals surface area (Å²) in [4.78, 5) is 18.0. The average molecular weight is 492 g/mol. The van der Waals surface area contributed by atoms with Crippen molar-refractivity contribution in [1.29, 1.82) is 0 Å². The third kappa shape index (κ3) is 6.01. The van der Waals surface area contributed by atoms with Gasteiger partial charge in [0.2, 0.25) is 15.9 Å². The van der Waals surface area contributed by atoms with E-state index in [1.165, 1.54) is 24.2 Å². The van der Waals surface area contributed by atoms with Crippen LogP contribution < -0.4 is 10.0 Å². The first-order chi connectivity index (χ1) is 15.7. The minimum absolute atomic E-state index is 0.00354. The molecule has 2 aliphatic rings. The van der Waals surface area contributed by atoms with Crippen LogP contribution in [0, 0.1) is 19.8 Å². The van der Waals surface area contributed by atoms with Crippen molar-refractivity contribution in [3.05, 3.63) is 29.5 Å². The lowest BCUT2D eigenvalue weighted by molar-refractivity contribution is -0.117. The lowest BCUT2D eigenvalue weighted by Gasteiger charge is -2.26. The van der Waals surface area contributed by atoms with Gasteiger partial charge in [-0.3, -0.25) is 4.79 Å². The van der Waals surface area contributed by atoms with Crippen LogP contribution in [0.25, 0.3) is 10.4 Å². The van der Waals surface area contributed by atoms with Gasteiger partial charge >= 0.3 is 0 Å². The number of aliphatic hydroxyl groups excluding tert-OH is 1. The van der Waals surface area contributed by atoms with E-state index in [0.717, 1.165) is 29.0 Å². The molecule has 9 heteroatoms. The molecule has 0 radical (unpaired) electrons. The van der Waals surface area contributed by atoms with E-state index in [1.807, 2.05) is 19.1 Å². The fourth-order valence-corrected chi connectivity index (χ4v) is 7.43. The molecule has 2 aliphatic carbocycles. The van der Waals surface area contributed by atoms with Gasteiger partial charge in [-0.1, -0.05) is 36.3 Å². The summed E-state index contributed by atoms with van der Waals surface area (Å²) in [6, 6.07) is 5.25. The summed E-state index contributed by atoms with van der Waals surface area (Å²) in [6.07, 6.45) is 7.33. The first kappa shape index (κ1) is 24.3. The van der Waals surface area contributed by atoms with E-state index in [9.17, 15) is 18.3 Å². The van der Waals surface area contributed by atoms with Gasteiger partial charge in [0.05, 0.1) is 21.6 Å². The van der Waals surface area contributed by atoms with E-state index in [1.54, 1.807) is 13.0 Å². The Balaban J connectivity index is 1.50. The molecule has 2 saturated carbocycles. The lowest BCUT2D eigenvalue weighted by atomic mass is 9.94. The second kappa shape index (κ2) is 10.2. The standard InChI is InChI=1S/C24H33N3O4S2/c1-15-7-8-18(14-21(15)33(30,31)27-19-9-11-20(28)12-10-19)23-16(2)25-24(32-23)26-22(29)13-17-5-3-4-6-17/h7-8,14,17,19-20,27-28H,3-6,9-13H2,1-2H3,(H,25,26,29). The maximum Gasteiger partial charge on any atom is 0.241 e. The van der Waals surface area contributed by atoms with E-state index in [0.29, 0.717) is 48.7 Å². The van der Waals surface area contributed by atoms with Crippen molar-refractivity contribution < 1.29 is 18.3 Å². The maximum atomic E-state index is 13.1. The number of amides is 1. The molecule has 4 rings (SSSR count). The average Bonchev–Trinajstić information content (AvgIpc) is 3.39. The normalized spacial score (nSPS) is 21.9. The summed E-state index contributed by atoms with van der Waals surface area (Å²) < 4.78 is 29.1. The molecule has 2 aromatic rings. The van der Waals surface area contributed by atoms with Crippen molar-refractivity contribution in [3.8, 4) is 10.4 Å². The summed E-state index contributed by atoms with van der Waals surface area (Å²) in [5.74, 6) is 0.464. The second-order valence-electron chi connectivity index (χ2n) is 9.44. The van der Waals surface area contributed by atoms with E-state index in [4.69, 9.17) is 0 Å². The van der Waals surface area contributed by atoms with Crippen molar-refractivity contribution in [1.82, 2.24) is 9.71 Å². The molecule has 7 nitrogen and oxygen atoms in total. The summed E-state index contributed by atoms with van der Waals surface area (Å²) in [5.41, 5.74) is 2.21. The topological polar surface area (TPSA) is 108 Å². The zero-order chi connectivity index (χ0) is 23.6. The van der Waals surface area contributed by atoms with Crippen molar-refractivity contribution in [2.75, 3.05) is 5.32 Å². The quantitative estimate of drug-likeness (QED) is 0.527. The summed E-state index contributed by atoms with van der Waals surface area (Å²) >= 11 is 1.37. The number of carbonyl (C=O) groups is 1. The highest BCUT2D eigenvalue weighted by molar-refractivity contribution is 7.89. The van der Waals surface area contributed by atoms with Gasteiger partial charge in [0.1, 0.15) is 0 Å². The van der Waals surface area contributed by atoms with Crippen LogP contribution in [0.15, 0.2) is 23.1 Å². The smallest absolute Gasteiger partial charge is 0.241 e. The van der Waals surface area contributed by atoms with E-state index in [-0.39, 0.29) is 22.9 Å². The van der Waals surface area contributed by atoms with Crippen LogP contribution in [-0.2, 0) is 14.8 Å². The predicted octanol–water partition coefficient (Wildman–Crippen LogP) is 4.53. The Hall–Kier alpha value is -1.81. The molecule has 1 aromatic carbocycles. The first-order valence-electron chi connectivity index (χ1n) is 11.8. The van der Waals surface area contributed by atoms with Gasteiger partial charge in [-0.2, -0.15) is 0 Å². The van der Waals surface area contributed by atoms with E-state index >= 15 is 0 Å². The van der Waals surface area contributed by atoms with Crippen molar-refractivity contribution in [3.63, 3.8) is 0 Å². The minimum Gasteiger partial charge on any atom is -0.393 e. The fraction of sp³-hybridized carbons (Fsp3) is 0.583. The summed E-state index contributed by atoms with van der Waals surface area (Å²) in [5, 5.41) is 13.2. The van der Waals surface area contributed by atoms with Crippen molar-refractivity contribution in [2.45, 2.75) is 88.7 Å². The zero-order valence-electron chi connectivity index (χ0n) is 19.3. The monoisotopic (exact) mass is 491 g/mol. The molecule has 3 N–H and O–H groups in total. The molecular formula is C24H33N3O4S2. The van der Waals surface area contributed by atoms with Crippen LogP contribution in [0.2, 0.25) is 0 Å². The maximum absolute atomic E-state index is 13.1. The van der Waals surface area contributed by atoms with Crippen LogP contribution in [0.4, 0.5) is 5.13 Å². The lowest BCUT2D eigenvalue weighted by Crippen LogP contribution is -2.38. The molecular weight excluding hydrogens is 458 g/mol. The first-order valence-corrected chi connectivity index (χ1v) is 14.1. The number of hydrogen-bond acceptors (Lipinski definition) is 6. The highest BCUT2D eigenvalue weighted by Crippen LogP contribution is 2.35. The SMILES string of the molecule is Cc1ccc(-c2sc(NC(=O)CC3CCCC3)nc2C)cc1S(=O)(=O)NC1CCC(O)CC1. The van der Waals surface area contributed by atoms with Gasteiger partial charge in [-0.25, -0.2) is 18.1 Å². The zero-order valence-corrected chi connectivity index (χ0v) is 20.9. The van der Waals surface area contributed by atoms with Crippen LogP contribution in [0.3, 0.4) is 0 Å². The number of hydrogen-bond donors (Lipinski definition) is 3. The summed E-state index contributed by atoms with van der Waals surface area (Å²) in [6.45, 7) is 3.66. The molecule has 180 valence electrons. The fourth-order valence-electron chi connectivity index (χ4n) is 4.87. The number of nitrogens with zero attached hydrogens (tertiary/aromatic N) is 1. The Morgan fingerprint density at radius 3 is 2.52 bits per heavy atom. The molecule has 2 fully saturated rings. The third-order valence-electron chi connectivity index (χ3n) is 6.75. The number of anilines is 1. The number of sulfonamides is 1. The molecule has 0 spiro atoms. The number of aliphatic hydroxyl groups is 1. The number of benzene rings is 1.